The quantitative estimate of drug-likeness (QED) is 0.915. The smallest absolute Gasteiger partial charge is 0.0798 e. The highest BCUT2D eigenvalue weighted by Crippen LogP contribution is 2.26. The van der Waals surface area contributed by atoms with Gasteiger partial charge in [-0.25, -0.2) is 0 Å². The zero-order valence-corrected chi connectivity index (χ0v) is 12.1. The predicted octanol–water partition coefficient (Wildman–Crippen LogP) is 3.01. The van der Waals surface area contributed by atoms with Gasteiger partial charge < -0.3 is 5.11 Å². The molecule has 1 aromatic carbocycles. The van der Waals surface area contributed by atoms with Crippen LogP contribution in [-0.2, 0) is 13.5 Å². The summed E-state index contributed by atoms with van der Waals surface area (Å²) in [4.78, 5) is 0. The summed E-state index contributed by atoms with van der Waals surface area (Å²) >= 11 is 0. The van der Waals surface area contributed by atoms with Crippen LogP contribution in [0, 0.1) is 20.8 Å². The lowest BCUT2D eigenvalue weighted by Crippen LogP contribution is -2.07. The summed E-state index contributed by atoms with van der Waals surface area (Å²) < 4.78 is 1.86. The third-order valence-corrected chi connectivity index (χ3v) is 3.67. The molecule has 19 heavy (non-hydrogen) atoms. The normalized spacial score (nSPS) is 12.7. The van der Waals surface area contributed by atoms with Gasteiger partial charge in [0.15, 0.2) is 0 Å². The standard InChI is InChI=1S/C16H22N2O/c1-11-9-12(2)16(13(3)10-11)15(19)6-5-14-7-8-17-18(14)4/h7-10,15,19H,5-6H2,1-4H3. The van der Waals surface area contributed by atoms with Gasteiger partial charge in [-0.3, -0.25) is 4.68 Å². The maximum atomic E-state index is 10.4. The summed E-state index contributed by atoms with van der Waals surface area (Å²) in [6.07, 6.45) is 2.95. The molecule has 0 saturated heterocycles. The minimum Gasteiger partial charge on any atom is -0.388 e. The van der Waals surface area contributed by atoms with Crippen LogP contribution in [0.2, 0.25) is 0 Å². The van der Waals surface area contributed by atoms with Crippen molar-refractivity contribution in [2.75, 3.05) is 0 Å². The lowest BCUT2D eigenvalue weighted by atomic mass is 9.93. The Morgan fingerprint density at radius 2 is 1.84 bits per heavy atom. The summed E-state index contributed by atoms with van der Waals surface area (Å²) in [7, 11) is 1.93. The molecule has 0 fully saturated rings. The molecule has 1 aromatic heterocycles. The minimum atomic E-state index is -0.407. The fourth-order valence-electron chi connectivity index (χ4n) is 2.79. The molecular formula is C16H22N2O. The first-order valence-electron chi connectivity index (χ1n) is 6.71. The highest BCUT2D eigenvalue weighted by molar-refractivity contribution is 5.38. The van der Waals surface area contributed by atoms with Crippen molar-refractivity contribution in [3.8, 4) is 0 Å². The zero-order chi connectivity index (χ0) is 14.0. The Bertz CT molecular complexity index is 549. The first-order valence-corrected chi connectivity index (χ1v) is 6.71. The third-order valence-electron chi connectivity index (χ3n) is 3.67. The number of aryl methyl sites for hydroxylation is 5. The molecule has 102 valence electrons. The molecule has 0 bridgehead atoms. The SMILES string of the molecule is Cc1cc(C)c(C(O)CCc2ccnn2C)c(C)c1. The van der Waals surface area contributed by atoms with E-state index in [0.717, 1.165) is 24.1 Å². The fourth-order valence-corrected chi connectivity index (χ4v) is 2.79. The van der Waals surface area contributed by atoms with Crippen molar-refractivity contribution < 1.29 is 5.11 Å². The lowest BCUT2D eigenvalue weighted by molar-refractivity contribution is 0.165. The van der Waals surface area contributed by atoms with Gasteiger partial charge >= 0.3 is 0 Å². The van der Waals surface area contributed by atoms with E-state index in [1.807, 2.05) is 17.8 Å². The number of hydrogen-bond acceptors (Lipinski definition) is 2. The number of benzene rings is 1. The van der Waals surface area contributed by atoms with Gasteiger partial charge in [0.05, 0.1) is 6.10 Å². The third kappa shape index (κ3) is 3.04. The van der Waals surface area contributed by atoms with Crippen molar-refractivity contribution >= 4 is 0 Å². The van der Waals surface area contributed by atoms with Crippen LogP contribution in [0.4, 0.5) is 0 Å². The van der Waals surface area contributed by atoms with Crippen LogP contribution in [-0.4, -0.2) is 14.9 Å². The van der Waals surface area contributed by atoms with Crippen LogP contribution in [0.5, 0.6) is 0 Å². The van der Waals surface area contributed by atoms with Gasteiger partial charge in [0.1, 0.15) is 0 Å². The Kier molecular flexibility index (Phi) is 4.05. The molecule has 3 heteroatoms. The van der Waals surface area contributed by atoms with Gasteiger partial charge in [-0.15, -0.1) is 0 Å². The maximum Gasteiger partial charge on any atom is 0.0798 e. The van der Waals surface area contributed by atoms with Crippen molar-refractivity contribution in [3.05, 3.63) is 52.3 Å². The molecule has 0 aliphatic heterocycles. The molecule has 1 unspecified atom stereocenters. The second kappa shape index (κ2) is 5.57. The Labute approximate surface area is 114 Å². The number of aliphatic hydroxyl groups excluding tert-OH is 1. The minimum absolute atomic E-state index is 0.407. The molecule has 1 heterocycles. The monoisotopic (exact) mass is 258 g/mol. The van der Waals surface area contributed by atoms with E-state index in [1.54, 1.807) is 6.20 Å². The van der Waals surface area contributed by atoms with E-state index in [1.165, 1.54) is 16.7 Å². The van der Waals surface area contributed by atoms with Crippen LogP contribution >= 0.6 is 0 Å². The van der Waals surface area contributed by atoms with Gasteiger partial charge in [0.2, 0.25) is 0 Å². The van der Waals surface area contributed by atoms with Gasteiger partial charge in [-0.1, -0.05) is 17.7 Å². The van der Waals surface area contributed by atoms with Crippen LogP contribution in [0.25, 0.3) is 0 Å². The summed E-state index contributed by atoms with van der Waals surface area (Å²) in [6.45, 7) is 6.23. The largest absolute Gasteiger partial charge is 0.388 e. The first kappa shape index (κ1) is 13.8. The molecule has 0 aliphatic rings. The van der Waals surface area contributed by atoms with Crippen molar-refractivity contribution in [2.24, 2.45) is 7.05 Å². The van der Waals surface area contributed by atoms with Gasteiger partial charge in [-0.2, -0.15) is 5.10 Å². The van der Waals surface area contributed by atoms with Gasteiger partial charge in [-0.05, 0) is 56.4 Å². The Balaban J connectivity index is 2.12. The molecule has 0 radical (unpaired) electrons. The van der Waals surface area contributed by atoms with E-state index in [2.05, 4.69) is 38.0 Å². The second-order valence-corrected chi connectivity index (χ2v) is 5.31. The molecule has 0 amide bonds. The molecule has 3 nitrogen and oxygen atoms in total. The zero-order valence-electron chi connectivity index (χ0n) is 12.1. The topological polar surface area (TPSA) is 38.1 Å². The number of nitrogens with zero attached hydrogens (tertiary/aromatic N) is 2. The summed E-state index contributed by atoms with van der Waals surface area (Å²) in [5, 5.41) is 14.6. The van der Waals surface area contributed by atoms with Gasteiger partial charge in [0.25, 0.3) is 0 Å². The predicted molar refractivity (Wildman–Crippen MR) is 77.1 cm³/mol. The summed E-state index contributed by atoms with van der Waals surface area (Å²) in [6, 6.07) is 6.27. The fraction of sp³-hybridized carbons (Fsp3) is 0.438. The molecule has 2 aromatic rings. The lowest BCUT2D eigenvalue weighted by Gasteiger charge is -2.17. The average molecular weight is 258 g/mol. The highest BCUT2D eigenvalue weighted by atomic mass is 16.3. The second-order valence-electron chi connectivity index (χ2n) is 5.31. The summed E-state index contributed by atoms with van der Waals surface area (Å²) in [5.41, 5.74) is 5.83. The van der Waals surface area contributed by atoms with E-state index in [0.29, 0.717) is 0 Å². The van der Waals surface area contributed by atoms with Crippen molar-refractivity contribution in [1.29, 1.82) is 0 Å². The Morgan fingerprint density at radius 3 is 2.37 bits per heavy atom. The van der Waals surface area contributed by atoms with Crippen molar-refractivity contribution in [1.82, 2.24) is 9.78 Å². The highest BCUT2D eigenvalue weighted by Gasteiger charge is 2.14. The summed E-state index contributed by atoms with van der Waals surface area (Å²) in [5.74, 6) is 0. The number of aromatic nitrogens is 2. The molecule has 1 atom stereocenters. The molecular weight excluding hydrogens is 236 g/mol. The molecule has 0 aliphatic carbocycles. The van der Waals surface area contributed by atoms with Gasteiger partial charge in [0, 0.05) is 18.9 Å². The van der Waals surface area contributed by atoms with Crippen LogP contribution in [0.1, 0.15) is 40.5 Å². The van der Waals surface area contributed by atoms with E-state index < -0.39 is 6.10 Å². The Hall–Kier alpha value is -1.61. The average Bonchev–Trinajstić information content (AvgIpc) is 2.70. The number of hydrogen-bond donors (Lipinski definition) is 1. The van der Waals surface area contributed by atoms with Crippen molar-refractivity contribution in [3.63, 3.8) is 0 Å². The van der Waals surface area contributed by atoms with Crippen LogP contribution < -0.4 is 0 Å². The van der Waals surface area contributed by atoms with Crippen LogP contribution in [0.3, 0.4) is 0 Å². The molecule has 1 N–H and O–H groups in total. The molecule has 0 spiro atoms. The first-order chi connectivity index (χ1) is 8.99. The van der Waals surface area contributed by atoms with Crippen molar-refractivity contribution in [2.45, 2.75) is 39.7 Å². The molecule has 2 rings (SSSR count). The number of rotatable bonds is 4. The van der Waals surface area contributed by atoms with E-state index in [9.17, 15) is 5.11 Å². The maximum absolute atomic E-state index is 10.4. The van der Waals surface area contributed by atoms with E-state index in [4.69, 9.17) is 0 Å². The van der Waals surface area contributed by atoms with E-state index >= 15 is 0 Å². The molecule has 0 saturated carbocycles. The Morgan fingerprint density at radius 1 is 1.21 bits per heavy atom. The van der Waals surface area contributed by atoms with E-state index in [-0.39, 0.29) is 0 Å². The number of aliphatic hydroxyl groups is 1. The van der Waals surface area contributed by atoms with Crippen LogP contribution in [0.15, 0.2) is 24.4 Å².